The molecule has 0 bridgehead atoms. The van der Waals surface area contributed by atoms with Crippen LogP contribution in [0.2, 0.25) is 0 Å². The summed E-state index contributed by atoms with van der Waals surface area (Å²) >= 11 is 0. The number of aromatic nitrogens is 2. The van der Waals surface area contributed by atoms with Crippen LogP contribution in [-0.2, 0) is 4.79 Å². The molecule has 0 unspecified atom stereocenters. The number of rotatable bonds is 2. The molecule has 15 heavy (non-hydrogen) atoms. The molecular formula is C10H7FN2O2. The highest BCUT2D eigenvalue weighted by Gasteiger charge is 2.11. The largest absolute Gasteiger partial charge is 0.478 e. The standard InChI is InChI=1S/C10H7FN2O2/c1-6(10(14)15)8-5-13-4-7(11)2-3-9(13)12-8/h2-5H,1H2,(H,14,15). The van der Waals surface area contributed by atoms with Crippen LogP contribution in [0.25, 0.3) is 11.2 Å². The first-order valence-corrected chi connectivity index (χ1v) is 4.15. The van der Waals surface area contributed by atoms with Gasteiger partial charge in [0.05, 0.1) is 11.3 Å². The molecule has 0 radical (unpaired) electrons. The van der Waals surface area contributed by atoms with E-state index in [2.05, 4.69) is 11.6 Å². The SMILES string of the molecule is C=C(C(=O)O)c1cn2cc(F)ccc2n1. The van der Waals surface area contributed by atoms with Crippen molar-refractivity contribution in [2.75, 3.05) is 0 Å². The van der Waals surface area contributed by atoms with Crippen LogP contribution in [0.15, 0.2) is 31.1 Å². The van der Waals surface area contributed by atoms with Crippen LogP contribution in [0.4, 0.5) is 4.39 Å². The number of nitrogens with zero attached hydrogens (tertiary/aromatic N) is 2. The number of carboxylic acid groups (broad SMARTS) is 1. The molecule has 2 rings (SSSR count). The summed E-state index contributed by atoms with van der Waals surface area (Å²) in [5, 5.41) is 8.69. The average Bonchev–Trinajstić information content (AvgIpc) is 2.58. The molecule has 0 spiro atoms. The molecule has 0 saturated carbocycles. The quantitative estimate of drug-likeness (QED) is 0.759. The molecule has 4 nitrogen and oxygen atoms in total. The van der Waals surface area contributed by atoms with Crippen molar-refractivity contribution in [3.8, 4) is 0 Å². The first kappa shape index (κ1) is 9.39. The fraction of sp³-hybridized carbons (Fsp3) is 0. The Hall–Kier alpha value is -2.17. The molecule has 2 aromatic rings. The molecular weight excluding hydrogens is 199 g/mol. The van der Waals surface area contributed by atoms with Gasteiger partial charge in [-0.1, -0.05) is 6.58 Å². The van der Waals surface area contributed by atoms with E-state index >= 15 is 0 Å². The Kier molecular flexibility index (Phi) is 2.00. The molecule has 0 aromatic carbocycles. The van der Waals surface area contributed by atoms with E-state index in [0.717, 1.165) is 0 Å². The van der Waals surface area contributed by atoms with E-state index in [0.29, 0.717) is 5.65 Å². The summed E-state index contributed by atoms with van der Waals surface area (Å²) < 4.78 is 14.2. The van der Waals surface area contributed by atoms with Gasteiger partial charge in [0.2, 0.25) is 0 Å². The second kappa shape index (κ2) is 3.20. The highest BCUT2D eigenvalue weighted by molar-refractivity contribution is 6.13. The number of aliphatic carboxylic acids is 1. The Labute approximate surface area is 84.3 Å². The van der Waals surface area contributed by atoms with Crippen LogP contribution in [-0.4, -0.2) is 20.5 Å². The van der Waals surface area contributed by atoms with Crippen LogP contribution >= 0.6 is 0 Å². The van der Waals surface area contributed by atoms with E-state index < -0.39 is 11.8 Å². The van der Waals surface area contributed by atoms with Gasteiger partial charge in [-0.2, -0.15) is 0 Å². The van der Waals surface area contributed by atoms with Gasteiger partial charge in [0, 0.05) is 12.4 Å². The van der Waals surface area contributed by atoms with Crippen LogP contribution in [0.5, 0.6) is 0 Å². The minimum Gasteiger partial charge on any atom is -0.478 e. The zero-order valence-electron chi connectivity index (χ0n) is 7.64. The minimum atomic E-state index is -1.14. The zero-order chi connectivity index (χ0) is 11.0. The van der Waals surface area contributed by atoms with E-state index in [1.165, 1.54) is 28.9 Å². The Morgan fingerprint density at radius 3 is 2.87 bits per heavy atom. The van der Waals surface area contributed by atoms with Gasteiger partial charge >= 0.3 is 5.97 Å². The Balaban J connectivity index is 2.56. The molecule has 0 fully saturated rings. The summed E-state index contributed by atoms with van der Waals surface area (Å²) in [6.07, 6.45) is 2.65. The molecule has 76 valence electrons. The lowest BCUT2D eigenvalue weighted by Crippen LogP contribution is -1.97. The molecule has 1 N–H and O–H groups in total. The Morgan fingerprint density at radius 1 is 1.47 bits per heavy atom. The van der Waals surface area contributed by atoms with Crippen molar-refractivity contribution in [2.24, 2.45) is 0 Å². The van der Waals surface area contributed by atoms with Gasteiger partial charge in [0.25, 0.3) is 0 Å². The summed E-state index contributed by atoms with van der Waals surface area (Å²) in [7, 11) is 0. The number of imidazole rings is 1. The average molecular weight is 206 g/mol. The van der Waals surface area contributed by atoms with Gasteiger partial charge < -0.3 is 9.51 Å². The van der Waals surface area contributed by atoms with Crippen molar-refractivity contribution in [3.63, 3.8) is 0 Å². The number of hydrogen-bond acceptors (Lipinski definition) is 2. The predicted octanol–water partition coefficient (Wildman–Crippen LogP) is 1.57. The third-order valence-electron chi connectivity index (χ3n) is 1.98. The summed E-state index contributed by atoms with van der Waals surface area (Å²) in [5.74, 6) is -1.55. The fourth-order valence-electron chi connectivity index (χ4n) is 1.22. The first-order valence-electron chi connectivity index (χ1n) is 4.15. The van der Waals surface area contributed by atoms with Crippen molar-refractivity contribution < 1.29 is 14.3 Å². The van der Waals surface area contributed by atoms with Gasteiger partial charge in [-0.15, -0.1) is 0 Å². The lowest BCUT2D eigenvalue weighted by molar-refractivity contribution is -0.130. The lowest BCUT2D eigenvalue weighted by atomic mass is 10.2. The Morgan fingerprint density at radius 2 is 2.20 bits per heavy atom. The fourth-order valence-corrected chi connectivity index (χ4v) is 1.22. The smallest absolute Gasteiger partial charge is 0.337 e. The summed E-state index contributed by atoms with van der Waals surface area (Å²) in [5.41, 5.74) is 0.598. The highest BCUT2D eigenvalue weighted by Crippen LogP contribution is 2.13. The van der Waals surface area contributed by atoms with Gasteiger partial charge in [-0.3, -0.25) is 0 Å². The number of carboxylic acids is 1. The van der Waals surface area contributed by atoms with Crippen LogP contribution in [0.3, 0.4) is 0 Å². The molecule has 2 aromatic heterocycles. The number of pyridine rings is 1. The molecule has 0 atom stereocenters. The van der Waals surface area contributed by atoms with Gasteiger partial charge in [0.15, 0.2) is 0 Å². The first-order chi connectivity index (χ1) is 7.08. The molecule has 0 aliphatic carbocycles. The summed E-state index contributed by atoms with van der Waals surface area (Å²) in [6, 6.07) is 2.73. The topological polar surface area (TPSA) is 54.6 Å². The maximum Gasteiger partial charge on any atom is 0.337 e. The molecule has 0 aliphatic heterocycles. The minimum absolute atomic E-state index is 0.112. The van der Waals surface area contributed by atoms with Gasteiger partial charge in [-0.05, 0) is 12.1 Å². The maximum atomic E-state index is 12.8. The second-order valence-corrected chi connectivity index (χ2v) is 3.02. The summed E-state index contributed by atoms with van der Waals surface area (Å²) in [6.45, 7) is 3.37. The highest BCUT2D eigenvalue weighted by atomic mass is 19.1. The van der Waals surface area contributed by atoms with E-state index in [9.17, 15) is 9.18 Å². The van der Waals surface area contributed by atoms with Crippen molar-refractivity contribution in [2.45, 2.75) is 0 Å². The molecule has 0 saturated heterocycles. The van der Waals surface area contributed by atoms with Gasteiger partial charge in [0.1, 0.15) is 11.5 Å². The van der Waals surface area contributed by atoms with E-state index in [4.69, 9.17) is 5.11 Å². The van der Waals surface area contributed by atoms with Crippen molar-refractivity contribution in [3.05, 3.63) is 42.6 Å². The molecule has 0 aliphatic rings. The number of fused-ring (bicyclic) bond motifs is 1. The lowest BCUT2D eigenvalue weighted by Gasteiger charge is -1.91. The van der Waals surface area contributed by atoms with E-state index in [1.54, 1.807) is 0 Å². The molecule has 0 amide bonds. The van der Waals surface area contributed by atoms with Crippen LogP contribution < -0.4 is 0 Å². The zero-order valence-corrected chi connectivity index (χ0v) is 7.64. The molecule has 2 heterocycles. The third-order valence-corrected chi connectivity index (χ3v) is 1.98. The van der Waals surface area contributed by atoms with Crippen LogP contribution in [0, 0.1) is 5.82 Å². The third kappa shape index (κ3) is 1.59. The number of carbonyl (C=O) groups is 1. The van der Waals surface area contributed by atoms with Gasteiger partial charge in [-0.25, -0.2) is 14.2 Å². The summed E-state index contributed by atoms with van der Waals surface area (Å²) in [4.78, 5) is 14.6. The Bertz CT molecular complexity index is 560. The predicted molar refractivity (Wildman–Crippen MR) is 51.8 cm³/mol. The van der Waals surface area contributed by atoms with Crippen molar-refractivity contribution in [1.29, 1.82) is 0 Å². The normalized spacial score (nSPS) is 10.5. The maximum absolute atomic E-state index is 12.8. The second-order valence-electron chi connectivity index (χ2n) is 3.02. The number of halogens is 1. The van der Waals surface area contributed by atoms with E-state index in [-0.39, 0.29) is 11.3 Å². The van der Waals surface area contributed by atoms with Crippen LogP contribution in [0.1, 0.15) is 5.69 Å². The molecule has 5 heteroatoms. The van der Waals surface area contributed by atoms with Crippen molar-refractivity contribution in [1.82, 2.24) is 9.38 Å². The monoisotopic (exact) mass is 206 g/mol. The number of hydrogen-bond donors (Lipinski definition) is 1. The van der Waals surface area contributed by atoms with Crippen molar-refractivity contribution >= 4 is 17.2 Å². The van der Waals surface area contributed by atoms with E-state index in [1.807, 2.05) is 0 Å².